The number of benzene rings is 2. The number of H-pyrrole nitrogens is 1. The van der Waals surface area contributed by atoms with Crippen molar-refractivity contribution in [3.8, 4) is 0 Å². The van der Waals surface area contributed by atoms with Crippen LogP contribution < -0.4 is 16.2 Å². The maximum absolute atomic E-state index is 12.9. The Morgan fingerprint density at radius 1 is 1.11 bits per heavy atom. The average molecular weight is 383 g/mol. The second-order valence-corrected chi connectivity index (χ2v) is 6.99. The Labute approximate surface area is 162 Å². The number of halogens is 1. The van der Waals surface area contributed by atoms with E-state index >= 15 is 0 Å². The lowest BCUT2D eigenvalue weighted by atomic mass is 10.0. The Bertz CT molecular complexity index is 1030. The minimum atomic E-state index is -0.259. The molecule has 3 N–H and O–H groups in total. The summed E-state index contributed by atoms with van der Waals surface area (Å²) in [6.07, 6.45) is 0.566. The molecule has 27 heavy (non-hydrogen) atoms. The molecule has 0 saturated heterocycles. The number of rotatable bonds is 5. The highest BCUT2D eigenvalue weighted by molar-refractivity contribution is 7.80. The van der Waals surface area contributed by atoms with E-state index in [2.05, 4.69) is 21.7 Å². The number of aromatic amines is 1. The van der Waals surface area contributed by atoms with Gasteiger partial charge in [0.2, 0.25) is 0 Å². The highest BCUT2D eigenvalue weighted by atomic mass is 32.1. The molecule has 0 unspecified atom stereocenters. The monoisotopic (exact) mass is 383 g/mol. The van der Waals surface area contributed by atoms with Crippen molar-refractivity contribution in [1.29, 1.82) is 0 Å². The topological polar surface area (TPSA) is 56.9 Å². The van der Waals surface area contributed by atoms with Crippen LogP contribution in [0, 0.1) is 19.7 Å². The number of aromatic nitrogens is 1. The second-order valence-electron chi connectivity index (χ2n) is 6.58. The summed E-state index contributed by atoms with van der Waals surface area (Å²) >= 11 is 5.25. The van der Waals surface area contributed by atoms with E-state index in [1.54, 1.807) is 12.1 Å². The predicted molar refractivity (Wildman–Crippen MR) is 112 cm³/mol. The van der Waals surface area contributed by atoms with Gasteiger partial charge >= 0.3 is 0 Å². The molecule has 0 saturated carbocycles. The SMILES string of the molecule is Cc1ccc2cc(CCNC(=S)NCc3ccc(F)cc3)c(=O)[nH]c2c1C. The van der Waals surface area contributed by atoms with Gasteiger partial charge in [0.05, 0.1) is 5.52 Å². The summed E-state index contributed by atoms with van der Waals surface area (Å²) in [5.41, 5.74) is 4.75. The molecule has 1 heterocycles. The quantitative estimate of drug-likeness (QED) is 0.591. The number of nitrogens with one attached hydrogen (secondary N) is 3. The summed E-state index contributed by atoms with van der Waals surface area (Å²) in [5, 5.41) is 7.71. The molecule has 0 spiro atoms. The molecule has 6 heteroatoms. The van der Waals surface area contributed by atoms with Crippen molar-refractivity contribution in [1.82, 2.24) is 15.6 Å². The number of aryl methyl sites for hydroxylation is 2. The van der Waals surface area contributed by atoms with E-state index in [0.717, 1.165) is 33.2 Å². The zero-order valence-electron chi connectivity index (χ0n) is 15.4. The van der Waals surface area contributed by atoms with Gasteiger partial charge in [-0.2, -0.15) is 0 Å². The van der Waals surface area contributed by atoms with Crippen molar-refractivity contribution < 1.29 is 4.39 Å². The molecule has 0 aliphatic carbocycles. The van der Waals surface area contributed by atoms with Crippen LogP contribution in [0.3, 0.4) is 0 Å². The summed E-state index contributed by atoms with van der Waals surface area (Å²) in [6, 6.07) is 12.3. The fourth-order valence-corrected chi connectivity index (χ4v) is 3.09. The molecule has 3 aromatic rings. The third-order valence-corrected chi connectivity index (χ3v) is 4.96. The van der Waals surface area contributed by atoms with Crippen LogP contribution in [-0.2, 0) is 13.0 Å². The van der Waals surface area contributed by atoms with E-state index in [1.165, 1.54) is 12.1 Å². The average Bonchev–Trinajstić information content (AvgIpc) is 2.65. The van der Waals surface area contributed by atoms with Gasteiger partial charge < -0.3 is 15.6 Å². The first-order valence-corrected chi connectivity index (χ1v) is 9.23. The van der Waals surface area contributed by atoms with Crippen LogP contribution in [0.1, 0.15) is 22.3 Å². The highest BCUT2D eigenvalue weighted by Crippen LogP contribution is 2.18. The van der Waals surface area contributed by atoms with E-state index in [4.69, 9.17) is 12.2 Å². The predicted octanol–water partition coefficient (Wildman–Crippen LogP) is 3.49. The second kappa shape index (κ2) is 8.31. The first-order valence-electron chi connectivity index (χ1n) is 8.82. The molecule has 140 valence electrons. The number of hydrogen-bond donors (Lipinski definition) is 3. The van der Waals surface area contributed by atoms with Gasteiger partial charge in [-0.1, -0.05) is 24.3 Å². The maximum atomic E-state index is 12.9. The van der Waals surface area contributed by atoms with Crippen molar-refractivity contribution in [2.45, 2.75) is 26.8 Å². The first kappa shape index (κ1) is 19.0. The lowest BCUT2D eigenvalue weighted by Gasteiger charge is -2.11. The molecule has 1 aromatic heterocycles. The van der Waals surface area contributed by atoms with E-state index in [1.807, 2.05) is 26.0 Å². The van der Waals surface area contributed by atoms with Gasteiger partial charge in [-0.05, 0) is 72.8 Å². The van der Waals surface area contributed by atoms with Gasteiger partial charge in [-0.15, -0.1) is 0 Å². The summed E-state index contributed by atoms with van der Waals surface area (Å²) in [7, 11) is 0. The summed E-state index contributed by atoms with van der Waals surface area (Å²) < 4.78 is 12.9. The minimum Gasteiger partial charge on any atom is -0.362 e. The molecule has 4 nitrogen and oxygen atoms in total. The molecule has 0 amide bonds. The van der Waals surface area contributed by atoms with Crippen LogP contribution in [0.2, 0.25) is 0 Å². The lowest BCUT2D eigenvalue weighted by molar-refractivity contribution is 0.626. The first-order chi connectivity index (χ1) is 12.9. The third kappa shape index (κ3) is 4.71. The van der Waals surface area contributed by atoms with Crippen molar-refractivity contribution in [2.24, 2.45) is 0 Å². The van der Waals surface area contributed by atoms with Crippen LogP contribution in [0.25, 0.3) is 10.9 Å². The standard InChI is InChI=1S/C21H22FN3OS/c1-13-3-6-16-11-17(20(26)25-19(16)14(13)2)9-10-23-21(27)24-12-15-4-7-18(22)8-5-15/h3-8,11H,9-10,12H2,1-2H3,(H,25,26)(H2,23,24,27). The maximum Gasteiger partial charge on any atom is 0.251 e. The van der Waals surface area contributed by atoms with Crippen molar-refractivity contribution in [3.05, 3.63) is 80.9 Å². The molecular weight excluding hydrogens is 361 g/mol. The fourth-order valence-electron chi connectivity index (χ4n) is 2.91. The number of thiocarbonyl (C=S) groups is 1. The van der Waals surface area contributed by atoms with Crippen LogP contribution in [0.15, 0.2) is 47.3 Å². The van der Waals surface area contributed by atoms with Crippen LogP contribution in [0.4, 0.5) is 4.39 Å². The van der Waals surface area contributed by atoms with Crippen molar-refractivity contribution >= 4 is 28.2 Å². The molecule has 2 aromatic carbocycles. The van der Waals surface area contributed by atoms with Crippen LogP contribution in [0.5, 0.6) is 0 Å². The van der Waals surface area contributed by atoms with Gasteiger partial charge in [-0.25, -0.2) is 4.39 Å². The third-order valence-electron chi connectivity index (χ3n) is 4.67. The van der Waals surface area contributed by atoms with E-state index in [-0.39, 0.29) is 11.4 Å². The van der Waals surface area contributed by atoms with Gasteiger partial charge in [0.15, 0.2) is 5.11 Å². The summed E-state index contributed by atoms with van der Waals surface area (Å²) in [4.78, 5) is 15.3. The van der Waals surface area contributed by atoms with Gasteiger partial charge in [0.25, 0.3) is 5.56 Å². The lowest BCUT2D eigenvalue weighted by Crippen LogP contribution is -2.36. The van der Waals surface area contributed by atoms with Gasteiger partial charge in [0, 0.05) is 18.7 Å². The van der Waals surface area contributed by atoms with Gasteiger partial charge in [0.1, 0.15) is 5.82 Å². The number of hydrogen-bond acceptors (Lipinski definition) is 2. The normalized spacial score (nSPS) is 10.8. The summed E-state index contributed by atoms with van der Waals surface area (Å²) in [5.74, 6) is -0.259. The van der Waals surface area contributed by atoms with E-state index in [9.17, 15) is 9.18 Å². The van der Waals surface area contributed by atoms with Crippen molar-refractivity contribution in [3.63, 3.8) is 0 Å². The van der Waals surface area contributed by atoms with Gasteiger partial charge in [-0.3, -0.25) is 4.79 Å². The molecule has 0 bridgehead atoms. The Kier molecular flexibility index (Phi) is 5.86. The Balaban J connectivity index is 1.56. The van der Waals surface area contributed by atoms with Crippen LogP contribution >= 0.6 is 12.2 Å². The molecule has 0 aliphatic heterocycles. The largest absolute Gasteiger partial charge is 0.362 e. The molecule has 0 aliphatic rings. The molecule has 0 fully saturated rings. The van der Waals surface area contributed by atoms with E-state index in [0.29, 0.717) is 24.6 Å². The highest BCUT2D eigenvalue weighted by Gasteiger charge is 2.06. The number of fused-ring (bicyclic) bond motifs is 1. The smallest absolute Gasteiger partial charge is 0.251 e. The fraction of sp³-hybridized carbons (Fsp3) is 0.238. The summed E-state index contributed by atoms with van der Waals surface area (Å²) in [6.45, 7) is 5.11. The van der Waals surface area contributed by atoms with Crippen molar-refractivity contribution in [2.75, 3.05) is 6.54 Å². The molecule has 0 radical (unpaired) electrons. The molecular formula is C21H22FN3OS. The minimum absolute atomic E-state index is 0.0665. The Hall–Kier alpha value is -2.73. The molecule has 0 atom stereocenters. The molecule has 3 rings (SSSR count). The zero-order valence-corrected chi connectivity index (χ0v) is 16.2. The number of pyridine rings is 1. The Morgan fingerprint density at radius 3 is 2.59 bits per heavy atom. The van der Waals surface area contributed by atoms with E-state index < -0.39 is 0 Å². The zero-order chi connectivity index (χ0) is 19.4. The Morgan fingerprint density at radius 2 is 1.85 bits per heavy atom. The van der Waals surface area contributed by atoms with Crippen LogP contribution in [-0.4, -0.2) is 16.6 Å².